The van der Waals surface area contributed by atoms with Crippen LogP contribution >= 0.6 is 39.1 Å². The maximum atomic E-state index is 11.6. The Bertz CT molecular complexity index is 564. The van der Waals surface area contributed by atoms with Crippen molar-refractivity contribution >= 4 is 50.0 Å². The third-order valence-corrected chi connectivity index (χ3v) is 3.15. The fraction of sp³-hybridized carbons (Fsp3) is 0. The standard InChI is InChI=1S/C9H4BrCl2NO/c10-4-1-2-5(11)7-8(4)13-3-6(12)9(7)14/h1-3H,(H,13,14). The van der Waals surface area contributed by atoms with E-state index < -0.39 is 0 Å². The predicted octanol–water partition coefficient (Wildman–Crippen LogP) is 3.60. The SMILES string of the molecule is O=c1c(Cl)c[nH]c2c(Br)ccc(Cl)c12. The number of hydrogen-bond donors (Lipinski definition) is 1. The Hall–Kier alpha value is -0.510. The molecule has 0 saturated heterocycles. The number of fused-ring (bicyclic) bond motifs is 1. The minimum absolute atomic E-state index is 0.137. The zero-order valence-corrected chi connectivity index (χ0v) is 9.87. The summed E-state index contributed by atoms with van der Waals surface area (Å²) in [6.45, 7) is 0. The number of H-pyrrole nitrogens is 1. The summed E-state index contributed by atoms with van der Waals surface area (Å²) < 4.78 is 0.783. The molecule has 2 aromatic rings. The molecule has 0 aliphatic heterocycles. The van der Waals surface area contributed by atoms with E-state index in [1.54, 1.807) is 12.1 Å². The monoisotopic (exact) mass is 291 g/mol. The van der Waals surface area contributed by atoms with Crippen LogP contribution in [0.3, 0.4) is 0 Å². The zero-order valence-electron chi connectivity index (χ0n) is 6.77. The maximum Gasteiger partial charge on any atom is 0.209 e. The van der Waals surface area contributed by atoms with Gasteiger partial charge in [0.1, 0.15) is 5.02 Å². The van der Waals surface area contributed by atoms with Gasteiger partial charge in [-0.25, -0.2) is 0 Å². The quantitative estimate of drug-likeness (QED) is 0.791. The van der Waals surface area contributed by atoms with Crippen LogP contribution in [0.5, 0.6) is 0 Å². The van der Waals surface area contributed by atoms with Crippen LogP contribution in [0.1, 0.15) is 0 Å². The summed E-state index contributed by atoms with van der Waals surface area (Å²) in [5.74, 6) is 0. The number of nitrogens with one attached hydrogen (secondary N) is 1. The highest BCUT2D eigenvalue weighted by Crippen LogP contribution is 2.26. The fourth-order valence-corrected chi connectivity index (χ4v) is 2.07. The molecule has 0 spiro atoms. The predicted molar refractivity (Wildman–Crippen MR) is 62.3 cm³/mol. The molecule has 2 rings (SSSR count). The molecule has 0 atom stereocenters. The second kappa shape index (κ2) is 3.57. The van der Waals surface area contributed by atoms with Gasteiger partial charge in [-0.15, -0.1) is 0 Å². The molecule has 0 amide bonds. The number of rotatable bonds is 0. The number of benzene rings is 1. The van der Waals surface area contributed by atoms with E-state index in [1.165, 1.54) is 6.20 Å². The topological polar surface area (TPSA) is 32.9 Å². The van der Waals surface area contributed by atoms with E-state index in [0.717, 1.165) is 4.47 Å². The molecule has 0 aliphatic rings. The largest absolute Gasteiger partial charge is 0.359 e. The van der Waals surface area contributed by atoms with Crippen molar-refractivity contribution in [3.63, 3.8) is 0 Å². The van der Waals surface area contributed by atoms with Crippen molar-refractivity contribution < 1.29 is 0 Å². The van der Waals surface area contributed by atoms with E-state index >= 15 is 0 Å². The van der Waals surface area contributed by atoms with Crippen LogP contribution in [-0.4, -0.2) is 4.98 Å². The first-order chi connectivity index (χ1) is 6.61. The van der Waals surface area contributed by atoms with Crippen molar-refractivity contribution in [1.82, 2.24) is 4.98 Å². The number of aromatic nitrogens is 1. The molecule has 0 fully saturated rings. The van der Waals surface area contributed by atoms with E-state index in [9.17, 15) is 4.79 Å². The number of hydrogen-bond acceptors (Lipinski definition) is 1. The summed E-state index contributed by atoms with van der Waals surface area (Å²) in [5.41, 5.74) is 0.401. The third-order valence-electron chi connectivity index (χ3n) is 1.89. The van der Waals surface area contributed by atoms with Crippen LogP contribution in [-0.2, 0) is 0 Å². The Balaban J connectivity index is 3.09. The summed E-state index contributed by atoms with van der Waals surface area (Å²) in [4.78, 5) is 14.5. The first kappa shape index (κ1) is 10.0. The van der Waals surface area contributed by atoms with Crippen LogP contribution in [0, 0.1) is 0 Å². The van der Waals surface area contributed by atoms with Gasteiger partial charge in [-0.05, 0) is 28.1 Å². The molecule has 0 unspecified atom stereocenters. The van der Waals surface area contributed by atoms with Gasteiger partial charge in [-0.2, -0.15) is 0 Å². The van der Waals surface area contributed by atoms with E-state index in [4.69, 9.17) is 23.2 Å². The van der Waals surface area contributed by atoms with Gasteiger partial charge in [-0.1, -0.05) is 23.2 Å². The summed E-state index contributed by atoms with van der Waals surface area (Å²) in [5, 5.41) is 0.943. The summed E-state index contributed by atoms with van der Waals surface area (Å²) >= 11 is 14.9. The lowest BCUT2D eigenvalue weighted by Gasteiger charge is -2.02. The van der Waals surface area contributed by atoms with Crippen LogP contribution in [0.15, 0.2) is 27.6 Å². The molecule has 0 saturated carbocycles. The molecule has 72 valence electrons. The summed E-state index contributed by atoms with van der Waals surface area (Å²) in [6.07, 6.45) is 1.45. The molecule has 0 aliphatic carbocycles. The number of pyridine rings is 1. The van der Waals surface area contributed by atoms with Crippen molar-refractivity contribution in [2.45, 2.75) is 0 Å². The van der Waals surface area contributed by atoms with Crippen LogP contribution in [0.25, 0.3) is 10.9 Å². The van der Waals surface area contributed by atoms with Gasteiger partial charge in [-0.3, -0.25) is 4.79 Å². The smallest absolute Gasteiger partial charge is 0.209 e. The van der Waals surface area contributed by atoms with Crippen LogP contribution < -0.4 is 5.43 Å². The minimum atomic E-state index is -0.258. The van der Waals surface area contributed by atoms with Crippen molar-refractivity contribution in [2.24, 2.45) is 0 Å². The van der Waals surface area contributed by atoms with E-state index in [1.807, 2.05) is 0 Å². The second-order valence-corrected chi connectivity index (χ2v) is 4.41. The van der Waals surface area contributed by atoms with Crippen LogP contribution in [0.4, 0.5) is 0 Å². The maximum absolute atomic E-state index is 11.6. The lowest BCUT2D eigenvalue weighted by Crippen LogP contribution is -2.03. The molecule has 2 nitrogen and oxygen atoms in total. The molecule has 1 heterocycles. The highest BCUT2D eigenvalue weighted by atomic mass is 79.9. The molecule has 5 heteroatoms. The number of aromatic amines is 1. The lowest BCUT2D eigenvalue weighted by atomic mass is 10.2. The highest BCUT2D eigenvalue weighted by molar-refractivity contribution is 9.10. The Labute approximate surface area is 98.0 Å². The van der Waals surface area contributed by atoms with Crippen LogP contribution in [0.2, 0.25) is 10.0 Å². The molecule has 0 radical (unpaired) electrons. The Morgan fingerprint density at radius 1 is 1.21 bits per heavy atom. The van der Waals surface area contributed by atoms with E-state index in [-0.39, 0.29) is 10.5 Å². The van der Waals surface area contributed by atoms with Gasteiger partial charge < -0.3 is 4.98 Å². The van der Waals surface area contributed by atoms with Gasteiger partial charge in [0.25, 0.3) is 0 Å². The second-order valence-electron chi connectivity index (χ2n) is 2.74. The van der Waals surface area contributed by atoms with Gasteiger partial charge in [0.15, 0.2) is 0 Å². The Morgan fingerprint density at radius 2 is 1.93 bits per heavy atom. The average molecular weight is 293 g/mol. The van der Waals surface area contributed by atoms with Crippen molar-refractivity contribution in [2.75, 3.05) is 0 Å². The van der Waals surface area contributed by atoms with E-state index in [0.29, 0.717) is 15.9 Å². The normalized spacial score (nSPS) is 10.8. The van der Waals surface area contributed by atoms with Crippen molar-refractivity contribution in [3.05, 3.63) is 43.1 Å². The van der Waals surface area contributed by atoms with E-state index in [2.05, 4.69) is 20.9 Å². The zero-order chi connectivity index (χ0) is 10.3. The first-order valence-corrected chi connectivity index (χ1v) is 5.31. The molecule has 0 bridgehead atoms. The lowest BCUT2D eigenvalue weighted by molar-refractivity contribution is 1.38. The minimum Gasteiger partial charge on any atom is -0.359 e. The molecule has 14 heavy (non-hydrogen) atoms. The molecule has 1 aromatic carbocycles. The fourth-order valence-electron chi connectivity index (χ4n) is 1.24. The van der Waals surface area contributed by atoms with Gasteiger partial charge >= 0.3 is 0 Å². The third kappa shape index (κ3) is 1.45. The summed E-state index contributed by atoms with van der Waals surface area (Å²) in [7, 11) is 0. The van der Waals surface area contributed by atoms with Gasteiger partial charge in [0.2, 0.25) is 5.43 Å². The highest BCUT2D eigenvalue weighted by Gasteiger charge is 2.09. The van der Waals surface area contributed by atoms with Gasteiger partial charge in [0, 0.05) is 10.7 Å². The summed E-state index contributed by atoms with van der Waals surface area (Å²) in [6, 6.07) is 3.42. The van der Waals surface area contributed by atoms with Crippen molar-refractivity contribution in [3.8, 4) is 0 Å². The number of halogens is 3. The Kier molecular flexibility index (Phi) is 2.56. The molecule has 1 N–H and O–H groups in total. The molecule has 1 aromatic heterocycles. The average Bonchev–Trinajstić information content (AvgIpc) is 2.16. The van der Waals surface area contributed by atoms with Crippen molar-refractivity contribution in [1.29, 1.82) is 0 Å². The Morgan fingerprint density at radius 3 is 2.64 bits per heavy atom. The molecular formula is C9H4BrCl2NO. The molecular weight excluding hydrogens is 289 g/mol. The van der Waals surface area contributed by atoms with Gasteiger partial charge in [0.05, 0.1) is 15.9 Å². The first-order valence-electron chi connectivity index (χ1n) is 3.76.